The summed E-state index contributed by atoms with van der Waals surface area (Å²) in [6.07, 6.45) is 0. The second kappa shape index (κ2) is 4.48. The van der Waals surface area contributed by atoms with Crippen LogP contribution in [0.4, 0.5) is 0 Å². The van der Waals surface area contributed by atoms with Crippen LogP contribution in [0.15, 0.2) is 12.1 Å². The number of phenols is 1. The van der Waals surface area contributed by atoms with Gasteiger partial charge in [0.05, 0.1) is 12.6 Å². The Morgan fingerprint density at radius 3 is 2.60 bits per heavy atom. The van der Waals surface area contributed by atoms with Gasteiger partial charge in [-0.25, -0.2) is 4.79 Å². The van der Waals surface area contributed by atoms with Crippen molar-refractivity contribution in [3.8, 4) is 5.75 Å². The van der Waals surface area contributed by atoms with Gasteiger partial charge >= 0.3 is 5.97 Å². The van der Waals surface area contributed by atoms with Gasteiger partial charge in [-0.15, -0.1) is 0 Å². The molecule has 0 amide bonds. The number of carboxylic acids is 1. The van der Waals surface area contributed by atoms with E-state index in [4.69, 9.17) is 27.5 Å². The topological polar surface area (TPSA) is 104 Å². The lowest BCUT2D eigenvalue weighted by Gasteiger charge is -2.14. The van der Waals surface area contributed by atoms with Crippen LogP contribution in [0.1, 0.15) is 22.0 Å². The molecule has 5 nitrogen and oxygen atoms in total. The number of carboxylic acid groups (broad SMARTS) is 1. The molecule has 0 radical (unpaired) electrons. The summed E-state index contributed by atoms with van der Waals surface area (Å²) in [5, 5.41) is 27.3. The highest BCUT2D eigenvalue weighted by atomic mass is 35.5. The van der Waals surface area contributed by atoms with E-state index in [1.807, 2.05) is 0 Å². The van der Waals surface area contributed by atoms with Crippen LogP contribution in [-0.4, -0.2) is 27.9 Å². The minimum atomic E-state index is -1.28. The molecule has 5 N–H and O–H groups in total. The standard InChI is InChI=1S/C9H10ClNO4/c10-5-2-1-4(9(14)15)8(13)7(5)6(11)3-12/h1-2,6,12-13H,3,11H2,(H,14,15)/t6-/m1/s1. The van der Waals surface area contributed by atoms with Gasteiger partial charge in [-0.05, 0) is 12.1 Å². The molecule has 0 aliphatic carbocycles. The zero-order valence-electron chi connectivity index (χ0n) is 7.64. The number of benzene rings is 1. The number of nitrogens with two attached hydrogens (primary N) is 1. The monoisotopic (exact) mass is 231 g/mol. The van der Waals surface area contributed by atoms with Gasteiger partial charge in [-0.1, -0.05) is 11.6 Å². The first kappa shape index (κ1) is 11.8. The van der Waals surface area contributed by atoms with E-state index < -0.39 is 24.4 Å². The maximum absolute atomic E-state index is 10.7. The van der Waals surface area contributed by atoms with E-state index in [0.29, 0.717) is 0 Å². The summed E-state index contributed by atoms with van der Waals surface area (Å²) in [7, 11) is 0. The highest BCUT2D eigenvalue weighted by molar-refractivity contribution is 6.31. The molecule has 1 rings (SSSR count). The zero-order valence-corrected chi connectivity index (χ0v) is 8.40. The molecule has 0 heterocycles. The molecule has 1 atom stereocenters. The Kier molecular flexibility index (Phi) is 3.52. The summed E-state index contributed by atoms with van der Waals surface area (Å²) in [4.78, 5) is 10.7. The molecule has 0 fully saturated rings. The van der Waals surface area contributed by atoms with Crippen LogP contribution in [0.2, 0.25) is 5.02 Å². The largest absolute Gasteiger partial charge is 0.507 e. The van der Waals surface area contributed by atoms with Gasteiger partial charge in [0.2, 0.25) is 0 Å². The number of aromatic carboxylic acids is 1. The minimum absolute atomic E-state index is 0.0408. The second-order valence-corrected chi connectivity index (χ2v) is 3.36. The second-order valence-electron chi connectivity index (χ2n) is 2.95. The van der Waals surface area contributed by atoms with Crippen LogP contribution in [0.3, 0.4) is 0 Å². The molecule has 1 aromatic carbocycles. The third kappa shape index (κ3) is 2.20. The van der Waals surface area contributed by atoms with Gasteiger partial charge in [0.15, 0.2) is 0 Å². The number of aliphatic hydroxyl groups is 1. The molecule has 0 aromatic heterocycles. The summed E-state index contributed by atoms with van der Waals surface area (Å²) in [5.41, 5.74) is 5.23. The molecule has 0 saturated carbocycles. The fourth-order valence-electron chi connectivity index (χ4n) is 1.20. The number of hydrogen-bond acceptors (Lipinski definition) is 4. The lowest BCUT2D eigenvalue weighted by molar-refractivity contribution is 0.0693. The van der Waals surface area contributed by atoms with Gasteiger partial charge in [0.25, 0.3) is 0 Å². The summed E-state index contributed by atoms with van der Waals surface area (Å²) < 4.78 is 0. The van der Waals surface area contributed by atoms with Crippen LogP contribution in [-0.2, 0) is 0 Å². The molecular formula is C9H10ClNO4. The summed E-state index contributed by atoms with van der Waals surface area (Å²) in [6, 6.07) is 1.58. The van der Waals surface area contributed by atoms with Crippen LogP contribution in [0.5, 0.6) is 5.75 Å². The number of rotatable bonds is 3. The summed E-state index contributed by atoms with van der Waals surface area (Å²) in [5.74, 6) is -1.79. The lowest BCUT2D eigenvalue weighted by atomic mass is 10.0. The molecule has 0 bridgehead atoms. The van der Waals surface area contributed by atoms with Crippen molar-refractivity contribution in [1.29, 1.82) is 0 Å². The Hall–Kier alpha value is -1.30. The highest BCUT2D eigenvalue weighted by Crippen LogP contribution is 2.33. The molecule has 82 valence electrons. The van der Waals surface area contributed by atoms with Gasteiger partial charge in [-0.3, -0.25) is 0 Å². The van der Waals surface area contributed by atoms with E-state index in [1.165, 1.54) is 12.1 Å². The van der Waals surface area contributed by atoms with Crippen molar-refractivity contribution in [2.24, 2.45) is 5.73 Å². The Labute approximate surface area is 90.7 Å². The minimum Gasteiger partial charge on any atom is -0.507 e. The maximum atomic E-state index is 10.7. The molecular weight excluding hydrogens is 222 g/mol. The van der Waals surface area contributed by atoms with E-state index in [0.717, 1.165) is 0 Å². The van der Waals surface area contributed by atoms with E-state index in [2.05, 4.69) is 0 Å². The van der Waals surface area contributed by atoms with Gasteiger partial charge < -0.3 is 21.1 Å². The molecule has 0 saturated heterocycles. The molecule has 1 aromatic rings. The number of hydrogen-bond donors (Lipinski definition) is 4. The van der Waals surface area contributed by atoms with Crippen LogP contribution >= 0.6 is 11.6 Å². The Morgan fingerprint density at radius 2 is 2.13 bits per heavy atom. The smallest absolute Gasteiger partial charge is 0.339 e. The van der Waals surface area contributed by atoms with Crippen molar-refractivity contribution in [3.63, 3.8) is 0 Å². The summed E-state index contributed by atoms with van der Waals surface area (Å²) >= 11 is 5.74. The van der Waals surface area contributed by atoms with Gasteiger partial charge in [0.1, 0.15) is 11.3 Å². The van der Waals surface area contributed by atoms with E-state index >= 15 is 0 Å². The Morgan fingerprint density at radius 1 is 1.53 bits per heavy atom. The van der Waals surface area contributed by atoms with Crippen LogP contribution < -0.4 is 5.73 Å². The van der Waals surface area contributed by atoms with Crippen molar-refractivity contribution in [2.75, 3.05) is 6.61 Å². The third-order valence-electron chi connectivity index (χ3n) is 1.96. The average Bonchev–Trinajstić information content (AvgIpc) is 2.16. The first-order chi connectivity index (χ1) is 6.99. The molecule has 6 heteroatoms. The first-order valence-electron chi connectivity index (χ1n) is 4.10. The average molecular weight is 232 g/mol. The number of carbonyl (C=O) groups is 1. The van der Waals surface area contributed by atoms with Crippen LogP contribution in [0.25, 0.3) is 0 Å². The van der Waals surface area contributed by atoms with Gasteiger partial charge in [-0.2, -0.15) is 0 Å². The quantitative estimate of drug-likeness (QED) is 0.614. The highest BCUT2D eigenvalue weighted by Gasteiger charge is 2.20. The number of halogens is 1. The van der Waals surface area contributed by atoms with Gasteiger partial charge in [0, 0.05) is 10.6 Å². The predicted octanol–water partition coefficient (Wildman–Crippen LogP) is 0.736. The number of aromatic hydroxyl groups is 1. The van der Waals surface area contributed by atoms with Crippen molar-refractivity contribution >= 4 is 17.6 Å². The predicted molar refractivity (Wildman–Crippen MR) is 54.1 cm³/mol. The third-order valence-corrected chi connectivity index (χ3v) is 2.29. The lowest BCUT2D eigenvalue weighted by Crippen LogP contribution is -2.16. The maximum Gasteiger partial charge on any atom is 0.339 e. The van der Waals surface area contributed by atoms with Crippen LogP contribution in [0, 0.1) is 0 Å². The normalized spacial score (nSPS) is 12.5. The molecule has 0 unspecified atom stereocenters. The van der Waals surface area contributed by atoms with E-state index in [1.54, 1.807) is 0 Å². The molecule has 0 aliphatic rings. The van der Waals surface area contributed by atoms with Crippen molar-refractivity contribution in [1.82, 2.24) is 0 Å². The fraction of sp³-hybridized carbons (Fsp3) is 0.222. The molecule has 0 spiro atoms. The summed E-state index contributed by atoms with van der Waals surface area (Å²) in [6.45, 7) is -0.434. The SMILES string of the molecule is N[C@H](CO)c1c(Cl)ccc(C(=O)O)c1O. The Bertz CT molecular complexity index is 394. The van der Waals surface area contributed by atoms with Crippen molar-refractivity contribution in [2.45, 2.75) is 6.04 Å². The Balaban J connectivity index is 3.36. The van der Waals surface area contributed by atoms with E-state index in [9.17, 15) is 9.90 Å². The number of aliphatic hydroxyl groups excluding tert-OH is 1. The molecule has 15 heavy (non-hydrogen) atoms. The fourth-order valence-corrected chi connectivity index (χ4v) is 1.49. The zero-order chi connectivity index (χ0) is 11.6. The first-order valence-corrected chi connectivity index (χ1v) is 4.48. The van der Waals surface area contributed by atoms with Crippen molar-refractivity contribution in [3.05, 3.63) is 28.3 Å². The van der Waals surface area contributed by atoms with Crippen molar-refractivity contribution < 1.29 is 20.1 Å². The molecule has 0 aliphatic heterocycles. The van der Waals surface area contributed by atoms with E-state index in [-0.39, 0.29) is 16.1 Å².